The number of ether oxygens (including phenoxy) is 3. The van der Waals surface area contributed by atoms with Crippen LogP contribution in [0.3, 0.4) is 0 Å². The van der Waals surface area contributed by atoms with E-state index < -0.39 is 17.7 Å². The Kier molecular flexibility index (Phi) is 6.81. The van der Waals surface area contributed by atoms with Crippen molar-refractivity contribution < 1.29 is 23.8 Å². The van der Waals surface area contributed by atoms with Crippen LogP contribution in [0.4, 0.5) is 4.79 Å². The van der Waals surface area contributed by atoms with Crippen molar-refractivity contribution >= 4 is 12.0 Å². The Labute approximate surface area is 159 Å². The maximum atomic E-state index is 12.6. The third-order valence-corrected chi connectivity index (χ3v) is 3.91. The number of alkyl carbamates (subject to hydrolysis) is 1. The van der Waals surface area contributed by atoms with Gasteiger partial charge in [0, 0.05) is 18.7 Å². The molecular formula is C18H28N4O5. The van der Waals surface area contributed by atoms with Crippen LogP contribution in [0.1, 0.15) is 40.5 Å². The summed E-state index contributed by atoms with van der Waals surface area (Å²) in [5.74, 6) is 0.620. The Morgan fingerprint density at radius 2 is 1.93 bits per heavy atom. The standard InChI is InChI=1S/C18H28N4O5/c1-12(19-17(24)27-18(2,3)4)16(23)22-10-6-7-13(11-22)26-15-9-8-14(25-5)20-21-15/h8-9,12-13H,6-7,10-11H2,1-5H3,(H,19,24). The Bertz CT molecular complexity index is 644. The highest BCUT2D eigenvalue weighted by Crippen LogP contribution is 2.18. The van der Waals surface area contributed by atoms with E-state index in [0.29, 0.717) is 24.8 Å². The molecule has 1 aliphatic heterocycles. The number of carbonyl (C=O) groups excluding carboxylic acids is 2. The molecule has 1 aliphatic rings. The number of nitrogens with one attached hydrogen (secondary N) is 1. The summed E-state index contributed by atoms with van der Waals surface area (Å²) in [6.45, 7) is 8.00. The fourth-order valence-corrected chi connectivity index (χ4v) is 2.70. The molecule has 0 saturated carbocycles. The van der Waals surface area contributed by atoms with Gasteiger partial charge in [0.25, 0.3) is 0 Å². The fraction of sp³-hybridized carbons (Fsp3) is 0.667. The lowest BCUT2D eigenvalue weighted by Gasteiger charge is -2.34. The molecule has 2 rings (SSSR count). The predicted octanol–water partition coefficient (Wildman–Crippen LogP) is 1.77. The zero-order valence-corrected chi connectivity index (χ0v) is 16.5. The highest BCUT2D eigenvalue weighted by atomic mass is 16.6. The lowest BCUT2D eigenvalue weighted by Crippen LogP contribution is -2.52. The number of piperidine rings is 1. The van der Waals surface area contributed by atoms with Crippen LogP contribution in [0.5, 0.6) is 11.8 Å². The van der Waals surface area contributed by atoms with Gasteiger partial charge < -0.3 is 24.4 Å². The summed E-state index contributed by atoms with van der Waals surface area (Å²) in [5.41, 5.74) is -0.615. The number of amides is 2. The van der Waals surface area contributed by atoms with Gasteiger partial charge in [0.05, 0.1) is 13.7 Å². The van der Waals surface area contributed by atoms with Crippen molar-refractivity contribution in [2.75, 3.05) is 20.2 Å². The zero-order valence-electron chi connectivity index (χ0n) is 16.5. The van der Waals surface area contributed by atoms with E-state index >= 15 is 0 Å². The molecule has 1 fully saturated rings. The number of aromatic nitrogens is 2. The molecule has 2 amide bonds. The molecule has 27 heavy (non-hydrogen) atoms. The molecule has 0 bridgehead atoms. The van der Waals surface area contributed by atoms with Crippen LogP contribution in [0, 0.1) is 0 Å². The minimum atomic E-state index is -0.681. The average molecular weight is 380 g/mol. The van der Waals surface area contributed by atoms with Gasteiger partial charge in [-0.1, -0.05) is 0 Å². The number of carbonyl (C=O) groups is 2. The minimum absolute atomic E-state index is 0.171. The maximum Gasteiger partial charge on any atom is 0.408 e. The second kappa shape index (κ2) is 8.88. The van der Waals surface area contributed by atoms with Crippen LogP contribution >= 0.6 is 0 Å². The summed E-state index contributed by atoms with van der Waals surface area (Å²) in [6.07, 6.45) is 0.825. The predicted molar refractivity (Wildman–Crippen MR) is 97.6 cm³/mol. The van der Waals surface area contributed by atoms with E-state index in [0.717, 1.165) is 12.8 Å². The summed E-state index contributed by atoms with van der Waals surface area (Å²) in [5, 5.41) is 10.4. The third kappa shape index (κ3) is 6.58. The van der Waals surface area contributed by atoms with Crippen LogP contribution in [0.25, 0.3) is 0 Å². The number of likely N-dealkylation sites (tertiary alicyclic amines) is 1. The molecule has 1 aromatic heterocycles. The van der Waals surface area contributed by atoms with Crippen molar-refractivity contribution in [3.05, 3.63) is 12.1 Å². The molecule has 1 N–H and O–H groups in total. The molecule has 150 valence electrons. The topological polar surface area (TPSA) is 103 Å². The maximum absolute atomic E-state index is 12.6. The van der Waals surface area contributed by atoms with E-state index in [9.17, 15) is 9.59 Å². The lowest BCUT2D eigenvalue weighted by molar-refractivity contribution is -0.135. The molecule has 2 unspecified atom stereocenters. The highest BCUT2D eigenvalue weighted by molar-refractivity contribution is 5.85. The summed E-state index contributed by atoms with van der Waals surface area (Å²) < 4.78 is 16.0. The SMILES string of the molecule is COc1ccc(OC2CCCN(C(=O)C(C)NC(=O)OC(C)(C)C)C2)nn1. The largest absolute Gasteiger partial charge is 0.480 e. The van der Waals surface area contributed by atoms with Crippen molar-refractivity contribution in [1.82, 2.24) is 20.4 Å². The minimum Gasteiger partial charge on any atom is -0.480 e. The van der Waals surface area contributed by atoms with Gasteiger partial charge in [-0.15, -0.1) is 10.2 Å². The normalized spacial score (nSPS) is 18.4. The zero-order chi connectivity index (χ0) is 20.0. The molecule has 9 heteroatoms. The van der Waals surface area contributed by atoms with Crippen LogP contribution in [0.2, 0.25) is 0 Å². The quantitative estimate of drug-likeness (QED) is 0.830. The third-order valence-electron chi connectivity index (χ3n) is 3.91. The Hall–Kier alpha value is -2.58. The van der Waals surface area contributed by atoms with Gasteiger partial charge in [-0.2, -0.15) is 0 Å². The van der Waals surface area contributed by atoms with Crippen molar-refractivity contribution in [1.29, 1.82) is 0 Å². The molecule has 0 aliphatic carbocycles. The van der Waals surface area contributed by atoms with Gasteiger partial charge in [0.15, 0.2) is 0 Å². The Morgan fingerprint density at radius 3 is 2.52 bits per heavy atom. The molecule has 1 aromatic rings. The second-order valence-corrected chi connectivity index (χ2v) is 7.45. The number of rotatable bonds is 5. The summed E-state index contributed by atoms with van der Waals surface area (Å²) in [7, 11) is 1.52. The van der Waals surface area contributed by atoms with Gasteiger partial charge in [0.1, 0.15) is 17.7 Å². The summed E-state index contributed by atoms with van der Waals surface area (Å²) in [6, 6.07) is 2.67. The smallest absolute Gasteiger partial charge is 0.408 e. The van der Waals surface area contributed by atoms with Gasteiger partial charge in [-0.3, -0.25) is 4.79 Å². The van der Waals surface area contributed by atoms with E-state index in [4.69, 9.17) is 14.2 Å². The van der Waals surface area contributed by atoms with Crippen LogP contribution in [-0.2, 0) is 9.53 Å². The van der Waals surface area contributed by atoms with E-state index in [-0.39, 0.29) is 12.0 Å². The number of methoxy groups -OCH3 is 1. The van der Waals surface area contributed by atoms with Crippen molar-refractivity contribution in [3.8, 4) is 11.8 Å². The molecule has 1 saturated heterocycles. The van der Waals surface area contributed by atoms with E-state index in [1.54, 1.807) is 44.7 Å². The van der Waals surface area contributed by atoms with Gasteiger partial charge in [-0.05, 0) is 40.5 Å². The first-order valence-electron chi connectivity index (χ1n) is 9.00. The Balaban J connectivity index is 1.88. The first-order valence-corrected chi connectivity index (χ1v) is 9.00. The van der Waals surface area contributed by atoms with Crippen LogP contribution in [0.15, 0.2) is 12.1 Å². The lowest BCUT2D eigenvalue weighted by atomic mass is 10.1. The molecule has 9 nitrogen and oxygen atoms in total. The first kappa shape index (κ1) is 20.7. The number of hydrogen-bond donors (Lipinski definition) is 1. The van der Waals surface area contributed by atoms with Crippen LogP contribution < -0.4 is 14.8 Å². The first-order chi connectivity index (χ1) is 12.7. The number of nitrogens with zero attached hydrogens (tertiary/aromatic N) is 3. The van der Waals surface area contributed by atoms with Gasteiger partial charge in [-0.25, -0.2) is 4.79 Å². The summed E-state index contributed by atoms with van der Waals surface area (Å²) in [4.78, 5) is 26.2. The van der Waals surface area contributed by atoms with E-state index in [1.807, 2.05) is 0 Å². The van der Waals surface area contributed by atoms with Gasteiger partial charge in [0.2, 0.25) is 17.7 Å². The fourth-order valence-electron chi connectivity index (χ4n) is 2.70. The van der Waals surface area contributed by atoms with Crippen LogP contribution in [-0.4, -0.2) is 65.0 Å². The molecule has 0 spiro atoms. The van der Waals surface area contributed by atoms with Crippen molar-refractivity contribution in [3.63, 3.8) is 0 Å². The molecule has 2 atom stereocenters. The van der Waals surface area contributed by atoms with E-state index in [1.165, 1.54) is 7.11 Å². The average Bonchev–Trinajstić information content (AvgIpc) is 2.60. The molecule has 0 aromatic carbocycles. The second-order valence-electron chi connectivity index (χ2n) is 7.45. The molecule has 0 radical (unpaired) electrons. The van der Waals surface area contributed by atoms with E-state index in [2.05, 4.69) is 15.5 Å². The van der Waals surface area contributed by atoms with Crippen molar-refractivity contribution in [2.24, 2.45) is 0 Å². The monoisotopic (exact) mass is 380 g/mol. The highest BCUT2D eigenvalue weighted by Gasteiger charge is 2.29. The van der Waals surface area contributed by atoms with Crippen molar-refractivity contribution in [2.45, 2.75) is 58.3 Å². The summed E-state index contributed by atoms with van der Waals surface area (Å²) >= 11 is 0. The van der Waals surface area contributed by atoms with Gasteiger partial charge >= 0.3 is 6.09 Å². The molecular weight excluding hydrogens is 352 g/mol. The Morgan fingerprint density at radius 1 is 1.26 bits per heavy atom. The molecule has 2 heterocycles. The number of hydrogen-bond acceptors (Lipinski definition) is 7.